The van der Waals surface area contributed by atoms with Gasteiger partial charge in [0.15, 0.2) is 0 Å². The first-order chi connectivity index (χ1) is 14.5. The van der Waals surface area contributed by atoms with Crippen LogP contribution in [0.1, 0.15) is 51.2 Å². The molecule has 7 nitrogen and oxygen atoms in total. The third-order valence-corrected chi connectivity index (χ3v) is 5.11. The number of carboxylic acids is 1. The van der Waals surface area contributed by atoms with E-state index in [9.17, 15) is 19.5 Å². The molecule has 0 radical (unpaired) electrons. The second-order valence-corrected chi connectivity index (χ2v) is 8.85. The van der Waals surface area contributed by atoms with Gasteiger partial charge in [0.1, 0.15) is 17.7 Å². The monoisotopic (exact) mass is 425 g/mol. The molecular weight excluding hydrogens is 398 g/mol. The zero-order valence-corrected chi connectivity index (χ0v) is 18.1. The Morgan fingerprint density at radius 2 is 1.45 bits per heavy atom. The molecule has 3 rings (SSSR count). The average Bonchev–Trinajstić information content (AvgIpc) is 2.98. The Morgan fingerprint density at radius 3 is 1.94 bits per heavy atom. The van der Waals surface area contributed by atoms with Gasteiger partial charge >= 0.3 is 18.0 Å². The van der Waals surface area contributed by atoms with Crippen molar-refractivity contribution in [2.24, 2.45) is 0 Å². The van der Waals surface area contributed by atoms with E-state index in [0.717, 1.165) is 22.3 Å². The molecule has 0 spiro atoms. The number of alkyl carbamates (subject to hydrolysis) is 1. The summed E-state index contributed by atoms with van der Waals surface area (Å²) >= 11 is 0. The highest BCUT2D eigenvalue weighted by molar-refractivity contribution is 5.89. The Hall–Kier alpha value is -3.35. The SMILES string of the molecule is CC(C)(C)OC(=O)C[C@](C)(NC(=O)OCC1c2ccccc2-c2ccccc21)C(=O)O. The molecule has 164 valence electrons. The van der Waals surface area contributed by atoms with E-state index in [4.69, 9.17) is 9.47 Å². The third-order valence-electron chi connectivity index (χ3n) is 5.11. The maximum atomic E-state index is 12.5. The number of aliphatic carboxylic acids is 1. The van der Waals surface area contributed by atoms with Gasteiger partial charge in [-0.25, -0.2) is 9.59 Å². The molecule has 2 N–H and O–H groups in total. The quantitative estimate of drug-likeness (QED) is 0.676. The van der Waals surface area contributed by atoms with Gasteiger partial charge in [-0.1, -0.05) is 48.5 Å². The van der Waals surface area contributed by atoms with Gasteiger partial charge in [-0.3, -0.25) is 4.79 Å². The smallest absolute Gasteiger partial charge is 0.408 e. The molecule has 0 aliphatic heterocycles. The molecule has 0 fully saturated rings. The van der Waals surface area contributed by atoms with Crippen LogP contribution in [0.4, 0.5) is 4.79 Å². The van der Waals surface area contributed by atoms with Crippen molar-refractivity contribution >= 4 is 18.0 Å². The summed E-state index contributed by atoms with van der Waals surface area (Å²) in [5.74, 6) is -2.23. The summed E-state index contributed by atoms with van der Waals surface area (Å²) in [6.45, 7) is 6.34. The minimum Gasteiger partial charge on any atom is -0.479 e. The maximum Gasteiger partial charge on any atom is 0.408 e. The number of amides is 1. The van der Waals surface area contributed by atoms with Crippen LogP contribution in [0, 0.1) is 0 Å². The lowest BCUT2D eigenvalue weighted by Crippen LogP contribution is -2.54. The highest BCUT2D eigenvalue weighted by Gasteiger charge is 2.40. The fourth-order valence-corrected chi connectivity index (χ4v) is 3.70. The molecular formula is C24H27NO6. The van der Waals surface area contributed by atoms with Crippen LogP contribution in [0.25, 0.3) is 11.1 Å². The van der Waals surface area contributed by atoms with E-state index in [1.165, 1.54) is 6.92 Å². The first-order valence-corrected chi connectivity index (χ1v) is 10.1. The molecule has 2 aromatic carbocycles. The second kappa shape index (κ2) is 8.41. The number of rotatable bonds is 6. The second-order valence-electron chi connectivity index (χ2n) is 8.85. The van der Waals surface area contributed by atoms with Crippen LogP contribution in [0.5, 0.6) is 0 Å². The van der Waals surface area contributed by atoms with Gasteiger partial charge in [-0.05, 0) is 49.9 Å². The molecule has 0 heterocycles. The van der Waals surface area contributed by atoms with E-state index in [-0.39, 0.29) is 12.5 Å². The molecule has 1 amide bonds. The summed E-state index contributed by atoms with van der Waals surface area (Å²) in [5, 5.41) is 11.9. The molecule has 0 unspecified atom stereocenters. The molecule has 2 aromatic rings. The van der Waals surface area contributed by atoms with Crippen molar-refractivity contribution in [1.29, 1.82) is 0 Å². The number of carboxylic acid groups (broad SMARTS) is 1. The standard InChI is InChI=1S/C24H27NO6/c1-23(2,3)31-20(26)13-24(4,21(27)28)25-22(29)30-14-19-17-11-7-5-9-15(17)16-10-6-8-12-18(16)19/h5-12,19H,13-14H2,1-4H3,(H,25,29)(H,27,28)/t24-/m0/s1. The minimum atomic E-state index is -1.86. The van der Waals surface area contributed by atoms with Crippen molar-refractivity contribution in [3.05, 3.63) is 59.7 Å². The number of hydrogen-bond acceptors (Lipinski definition) is 5. The molecule has 0 saturated carbocycles. The van der Waals surface area contributed by atoms with Gasteiger partial charge in [-0.2, -0.15) is 0 Å². The number of carbonyl (C=O) groups excluding carboxylic acids is 2. The van der Waals surface area contributed by atoms with Crippen LogP contribution in [0.15, 0.2) is 48.5 Å². The molecule has 1 aliphatic carbocycles. The minimum absolute atomic E-state index is 0.0436. The van der Waals surface area contributed by atoms with Crippen molar-refractivity contribution in [1.82, 2.24) is 5.32 Å². The van der Waals surface area contributed by atoms with E-state index in [1.54, 1.807) is 20.8 Å². The average molecular weight is 425 g/mol. The predicted octanol–water partition coefficient (Wildman–Crippen LogP) is 4.10. The topological polar surface area (TPSA) is 102 Å². The summed E-state index contributed by atoms with van der Waals surface area (Å²) in [7, 11) is 0. The Morgan fingerprint density at radius 1 is 0.935 bits per heavy atom. The third kappa shape index (κ3) is 5.05. The number of hydrogen-bond donors (Lipinski definition) is 2. The summed E-state index contributed by atoms with van der Waals surface area (Å²) in [6, 6.07) is 15.8. The summed E-state index contributed by atoms with van der Waals surface area (Å²) in [5.41, 5.74) is 1.66. The molecule has 0 aromatic heterocycles. The molecule has 7 heteroatoms. The van der Waals surface area contributed by atoms with Crippen molar-refractivity contribution < 1.29 is 29.0 Å². The lowest BCUT2D eigenvalue weighted by Gasteiger charge is -2.27. The first kappa shape index (κ1) is 22.3. The zero-order chi connectivity index (χ0) is 22.8. The largest absolute Gasteiger partial charge is 0.479 e. The van der Waals surface area contributed by atoms with E-state index in [0.29, 0.717) is 0 Å². The Balaban J connectivity index is 1.69. The summed E-state index contributed by atoms with van der Waals surface area (Å²) in [4.78, 5) is 36.4. The lowest BCUT2D eigenvalue weighted by atomic mass is 9.97. The van der Waals surface area contributed by atoms with Crippen LogP contribution < -0.4 is 5.32 Å². The Kier molecular flexibility index (Phi) is 6.06. The predicted molar refractivity (Wildman–Crippen MR) is 115 cm³/mol. The van der Waals surface area contributed by atoms with Crippen LogP contribution in [0.3, 0.4) is 0 Å². The molecule has 1 aliphatic rings. The maximum absolute atomic E-state index is 12.5. The van der Waals surface area contributed by atoms with Crippen LogP contribution in [-0.4, -0.2) is 40.9 Å². The summed E-state index contributed by atoms with van der Waals surface area (Å²) in [6.07, 6.45) is -1.43. The Labute approximate surface area is 181 Å². The number of ether oxygens (including phenoxy) is 2. The van der Waals surface area contributed by atoms with Gasteiger partial charge in [0.2, 0.25) is 0 Å². The van der Waals surface area contributed by atoms with Crippen molar-refractivity contribution in [3.63, 3.8) is 0 Å². The Bertz CT molecular complexity index is 964. The van der Waals surface area contributed by atoms with E-state index in [2.05, 4.69) is 5.32 Å². The zero-order valence-electron chi connectivity index (χ0n) is 18.1. The van der Waals surface area contributed by atoms with Gasteiger partial charge in [0, 0.05) is 5.92 Å². The lowest BCUT2D eigenvalue weighted by molar-refractivity contribution is -0.161. The van der Waals surface area contributed by atoms with Crippen molar-refractivity contribution in [2.75, 3.05) is 6.61 Å². The molecule has 1 atom stereocenters. The number of esters is 1. The number of fused-ring (bicyclic) bond motifs is 3. The molecule has 31 heavy (non-hydrogen) atoms. The van der Waals surface area contributed by atoms with Crippen molar-refractivity contribution in [2.45, 2.75) is 51.2 Å². The number of carbonyl (C=O) groups is 3. The highest BCUT2D eigenvalue weighted by Crippen LogP contribution is 2.44. The van der Waals surface area contributed by atoms with Gasteiger partial charge in [0.25, 0.3) is 0 Å². The molecule has 0 saturated heterocycles. The van der Waals surface area contributed by atoms with Gasteiger partial charge in [0.05, 0.1) is 6.42 Å². The van der Waals surface area contributed by atoms with Gasteiger partial charge in [-0.15, -0.1) is 0 Å². The highest BCUT2D eigenvalue weighted by atomic mass is 16.6. The number of nitrogens with one attached hydrogen (secondary N) is 1. The fraction of sp³-hybridized carbons (Fsp3) is 0.375. The molecule has 0 bridgehead atoms. The van der Waals surface area contributed by atoms with Crippen LogP contribution in [-0.2, 0) is 19.1 Å². The fourth-order valence-electron chi connectivity index (χ4n) is 3.70. The normalized spacial score (nSPS) is 14.7. The summed E-state index contributed by atoms with van der Waals surface area (Å²) < 4.78 is 10.6. The van der Waals surface area contributed by atoms with Crippen LogP contribution in [0.2, 0.25) is 0 Å². The van der Waals surface area contributed by atoms with E-state index >= 15 is 0 Å². The van der Waals surface area contributed by atoms with E-state index in [1.807, 2.05) is 48.5 Å². The first-order valence-electron chi connectivity index (χ1n) is 10.1. The van der Waals surface area contributed by atoms with Crippen LogP contribution >= 0.6 is 0 Å². The van der Waals surface area contributed by atoms with E-state index < -0.39 is 35.6 Å². The van der Waals surface area contributed by atoms with Crippen molar-refractivity contribution in [3.8, 4) is 11.1 Å². The number of benzene rings is 2. The van der Waals surface area contributed by atoms with Gasteiger partial charge < -0.3 is 19.9 Å².